The van der Waals surface area contributed by atoms with Gasteiger partial charge < -0.3 is 102 Å². The third-order valence-corrected chi connectivity index (χ3v) is 19.6. The van der Waals surface area contributed by atoms with E-state index in [9.17, 15) is 54.9 Å². The lowest BCUT2D eigenvalue weighted by Gasteiger charge is -2.51. The van der Waals surface area contributed by atoms with Gasteiger partial charge in [0.1, 0.15) is 67.1 Å². The zero-order valence-corrected chi connectivity index (χ0v) is 58.6. The van der Waals surface area contributed by atoms with Crippen LogP contribution in [-0.2, 0) is 85.5 Å². The van der Waals surface area contributed by atoms with Crippen molar-refractivity contribution in [2.24, 2.45) is 5.92 Å². The van der Waals surface area contributed by atoms with Crippen LogP contribution in [0, 0.1) is 5.92 Å². The minimum atomic E-state index is -1.95. The van der Waals surface area contributed by atoms with Crippen LogP contribution >= 0.6 is 0 Å². The van der Waals surface area contributed by atoms with Crippen LogP contribution in [0.5, 0.6) is 0 Å². The van der Waals surface area contributed by atoms with Crippen LogP contribution in [0.4, 0.5) is 0 Å². The largest absolute Gasteiger partial charge is 0.456 e. The maximum atomic E-state index is 14.6. The van der Waals surface area contributed by atoms with Crippen LogP contribution in [0.3, 0.4) is 0 Å². The molecular weight excluding hydrogens is 1260 g/mol. The molecule has 25 nitrogen and oxygen atoms in total. The number of rotatable bonds is 27. The van der Waals surface area contributed by atoms with Crippen LogP contribution in [0.1, 0.15) is 222 Å². The number of aliphatic hydroxyl groups is 7. The van der Waals surface area contributed by atoms with E-state index in [0.29, 0.717) is 44.1 Å². The minimum absolute atomic E-state index is 0.0392. The van der Waals surface area contributed by atoms with Crippen molar-refractivity contribution in [3.63, 3.8) is 0 Å². The minimum Gasteiger partial charge on any atom is -0.456 e. The third-order valence-electron chi connectivity index (χ3n) is 19.6. The Bertz CT molecular complexity index is 2490. The predicted molar refractivity (Wildman–Crippen MR) is 350 cm³/mol. The van der Waals surface area contributed by atoms with Crippen LogP contribution in [-0.4, -0.2) is 219 Å². The van der Waals surface area contributed by atoms with E-state index in [1.807, 2.05) is 0 Å². The van der Waals surface area contributed by atoms with E-state index in [0.717, 1.165) is 109 Å². The Balaban J connectivity index is 1.26. The normalized spacial score (nSPS) is 38.5. The maximum absolute atomic E-state index is 14.6. The van der Waals surface area contributed by atoms with Crippen molar-refractivity contribution in [1.29, 1.82) is 0 Å². The fourth-order valence-corrected chi connectivity index (χ4v) is 13.3. The van der Waals surface area contributed by atoms with Crippen molar-refractivity contribution < 1.29 is 121 Å². The summed E-state index contributed by atoms with van der Waals surface area (Å²) in [4.78, 5) is 55.9. The average Bonchev–Trinajstić information content (AvgIpc) is 0.768. The summed E-state index contributed by atoms with van der Waals surface area (Å²) in [6.45, 7) is 15.4. The number of hydrogen-bond acceptors (Lipinski definition) is 25. The van der Waals surface area contributed by atoms with Gasteiger partial charge in [-0.3, -0.25) is 14.4 Å². The smallest absolute Gasteiger partial charge is 0.331 e. The van der Waals surface area contributed by atoms with E-state index in [2.05, 4.69) is 13.8 Å². The van der Waals surface area contributed by atoms with Crippen LogP contribution in [0.2, 0.25) is 0 Å². The Labute approximate surface area is 573 Å². The Hall–Kier alpha value is -3.84. The summed E-state index contributed by atoms with van der Waals surface area (Å²) < 4.78 is 90.0. The summed E-state index contributed by atoms with van der Waals surface area (Å²) in [5, 5.41) is 82.0. The van der Waals surface area contributed by atoms with E-state index in [4.69, 9.17) is 66.3 Å². The van der Waals surface area contributed by atoms with Gasteiger partial charge in [0.15, 0.2) is 55.9 Å². The van der Waals surface area contributed by atoms with Crippen LogP contribution in [0.25, 0.3) is 6.08 Å². The monoisotopic (exact) mass is 1380 g/mol. The zero-order valence-electron chi connectivity index (χ0n) is 58.6. The summed E-state index contributed by atoms with van der Waals surface area (Å²) in [7, 11) is 0. The molecule has 0 aromatic heterocycles. The summed E-state index contributed by atoms with van der Waals surface area (Å²) in [5.41, 5.74) is 0.646. The fraction of sp³-hybridized carbons (Fsp3) is 0.833. The van der Waals surface area contributed by atoms with Crippen molar-refractivity contribution in [1.82, 2.24) is 0 Å². The lowest BCUT2D eigenvalue weighted by Crippen LogP contribution is -2.68. The molecule has 0 radical (unpaired) electrons. The second kappa shape index (κ2) is 40.7. The average molecular weight is 1380 g/mol. The standard InChI is InChI=1S/C72H116O25/c1-10-13-15-16-17-18-21-24-32-38-50(74)92-66-65(97-68-56(80)54(78)52(76)42(5)84-68)61(95-70-63(91-51(75)40-39-47-33-28-26-29-34-47)57(81)59(44(7)86-70)93-67(83)41(4)12-3)46(9)88-72(66)94-60-45(8)87-71-64(58(60)82)90-49(73)37-31-25-22-19-20-23-30-36-48(35-27-14-11-2)89-69-62(96-71)55(79)53(77)43(6)85-69/h26,28-29,33-34,39-46,48,52-66,68-72,76-82H,10-25,27,30-32,35-38H2,1-9H3/b40-39+/t41-,42-,43+,44-,45-,46-,48-,52-,53-,54+,55-,56+,57+,58+,59-,60-,61-,62+,63+,64+,65+,66+,68-,69-,70-,71-,72-/m0/s1. The molecule has 1 aromatic carbocycles. The van der Waals surface area contributed by atoms with Crippen molar-refractivity contribution in [3.05, 3.63) is 42.0 Å². The molecule has 97 heavy (non-hydrogen) atoms. The molecule has 6 aliphatic rings. The summed E-state index contributed by atoms with van der Waals surface area (Å²) in [6, 6.07) is 8.86. The first-order chi connectivity index (χ1) is 46.5. The van der Waals surface area contributed by atoms with Gasteiger partial charge in [0.2, 0.25) is 0 Å². The van der Waals surface area contributed by atoms with E-state index in [-0.39, 0.29) is 18.9 Å². The highest BCUT2D eigenvalue weighted by Gasteiger charge is 2.59. The van der Waals surface area contributed by atoms with E-state index in [1.165, 1.54) is 33.8 Å². The molecule has 554 valence electrons. The van der Waals surface area contributed by atoms with Gasteiger partial charge in [-0.1, -0.05) is 167 Å². The molecule has 0 amide bonds. The number of ether oxygens (including phenoxy) is 14. The zero-order chi connectivity index (χ0) is 70.3. The van der Waals surface area contributed by atoms with E-state index < -0.39 is 183 Å². The summed E-state index contributed by atoms with van der Waals surface area (Å²) in [6.07, 6.45) is -17.8. The molecule has 7 rings (SSSR count). The Morgan fingerprint density at radius 3 is 1.72 bits per heavy atom. The first-order valence-corrected chi connectivity index (χ1v) is 36.4. The van der Waals surface area contributed by atoms with E-state index in [1.54, 1.807) is 51.1 Å². The second-order valence-electron chi connectivity index (χ2n) is 27.5. The molecule has 6 aliphatic heterocycles. The molecule has 1 aromatic rings. The second-order valence-corrected chi connectivity index (χ2v) is 27.5. The molecule has 0 aliphatic carbocycles. The van der Waals surface area contributed by atoms with Gasteiger partial charge in [0, 0.05) is 18.9 Å². The van der Waals surface area contributed by atoms with E-state index >= 15 is 0 Å². The summed E-state index contributed by atoms with van der Waals surface area (Å²) >= 11 is 0. The lowest BCUT2D eigenvalue weighted by atomic mass is 9.95. The number of esters is 4. The molecule has 0 spiro atoms. The SMILES string of the molecule is CCCCCCCCCCCC(=O)O[C@H]1[C@H](O[C@@H]2[C@@H](O)[C@H]3OC(=O)CCCCCCCCC[C@H](CCCCC)O[C@@H]4O[C@H](C)[C@H](O)[C@H](O)[C@H]4O[C@@H]3O[C@H]2C)O[C@@H](C)[C@H](O[C@@H]2O[C@@H](C)[C@H](OC(=O)[C@@H](C)CC)[C@@H](O)[C@H]2OC(=O)/C=C/c2ccccc2)[C@H]1O[C@@H]1O[C@@H](C)[C@H](O)[C@@H](O)[C@H]1O. The number of carbonyl (C=O) groups excluding carboxylic acids is 4. The van der Waals surface area contributed by atoms with Crippen molar-refractivity contribution >= 4 is 30.0 Å². The molecule has 6 saturated heterocycles. The predicted octanol–water partition coefficient (Wildman–Crippen LogP) is 7.60. The van der Waals surface area contributed by atoms with Crippen LogP contribution in [0.15, 0.2) is 36.4 Å². The Morgan fingerprint density at radius 2 is 1.04 bits per heavy atom. The van der Waals surface area contributed by atoms with Crippen molar-refractivity contribution in [3.8, 4) is 0 Å². The van der Waals surface area contributed by atoms with Crippen LogP contribution < -0.4 is 0 Å². The highest BCUT2D eigenvalue weighted by Crippen LogP contribution is 2.40. The van der Waals surface area contributed by atoms with Gasteiger partial charge in [-0.05, 0) is 78.4 Å². The van der Waals surface area contributed by atoms with Gasteiger partial charge in [0.05, 0.1) is 42.5 Å². The quantitative estimate of drug-likeness (QED) is 0.0193. The molecule has 0 saturated carbocycles. The number of hydrogen-bond donors (Lipinski definition) is 7. The molecule has 6 fully saturated rings. The molecule has 7 N–H and O–H groups in total. The van der Waals surface area contributed by atoms with Gasteiger partial charge in [-0.25, -0.2) is 4.79 Å². The van der Waals surface area contributed by atoms with Gasteiger partial charge in [-0.15, -0.1) is 0 Å². The van der Waals surface area contributed by atoms with Gasteiger partial charge in [0.25, 0.3) is 0 Å². The highest BCUT2D eigenvalue weighted by molar-refractivity contribution is 5.87. The van der Waals surface area contributed by atoms with Crippen molar-refractivity contribution in [2.75, 3.05) is 0 Å². The Morgan fingerprint density at radius 1 is 0.495 bits per heavy atom. The fourth-order valence-electron chi connectivity index (χ4n) is 13.3. The molecular formula is C72H116O25. The first-order valence-electron chi connectivity index (χ1n) is 36.4. The molecule has 6 heterocycles. The molecule has 0 unspecified atom stereocenters. The van der Waals surface area contributed by atoms with Crippen molar-refractivity contribution in [2.45, 2.75) is 376 Å². The number of fused-ring (bicyclic) bond motifs is 2. The summed E-state index contributed by atoms with van der Waals surface area (Å²) in [5.74, 6) is -3.66. The highest BCUT2D eigenvalue weighted by atomic mass is 16.8. The number of benzene rings is 1. The number of unbranched alkanes of at least 4 members (excludes halogenated alkanes) is 10. The maximum Gasteiger partial charge on any atom is 0.331 e. The molecule has 27 atom stereocenters. The Kier molecular flexibility index (Phi) is 33.8. The van der Waals surface area contributed by atoms with Gasteiger partial charge >= 0.3 is 23.9 Å². The number of aliphatic hydroxyl groups excluding tert-OH is 7. The molecule has 0 bridgehead atoms. The third kappa shape index (κ3) is 23.3. The first kappa shape index (κ1) is 80.5. The lowest BCUT2D eigenvalue weighted by molar-refractivity contribution is -0.399. The molecule has 25 heteroatoms. The topological polar surface area (TPSA) is 339 Å². The number of carbonyl (C=O) groups is 4. The van der Waals surface area contributed by atoms with Gasteiger partial charge in [-0.2, -0.15) is 0 Å².